The fourth-order valence-corrected chi connectivity index (χ4v) is 4.10. The Kier molecular flexibility index (Phi) is 3.13. The van der Waals surface area contributed by atoms with E-state index in [9.17, 15) is 9.59 Å². The number of hydrogen-bond acceptors (Lipinski definition) is 4. The highest BCUT2D eigenvalue weighted by Crippen LogP contribution is 2.56. The van der Waals surface area contributed by atoms with Gasteiger partial charge in [-0.05, 0) is 37.7 Å². The van der Waals surface area contributed by atoms with Gasteiger partial charge in [0.05, 0.1) is 5.56 Å². The van der Waals surface area contributed by atoms with Crippen LogP contribution in [0.5, 0.6) is 0 Å². The molecule has 1 aromatic carbocycles. The summed E-state index contributed by atoms with van der Waals surface area (Å²) < 4.78 is 0. The molecule has 1 aliphatic heterocycles. The summed E-state index contributed by atoms with van der Waals surface area (Å²) >= 11 is 1.33. The zero-order valence-electron chi connectivity index (χ0n) is 13.0. The number of benzene rings is 1. The highest BCUT2D eigenvalue weighted by Gasteiger charge is 2.53. The van der Waals surface area contributed by atoms with Crippen LogP contribution in [0.2, 0.25) is 0 Å². The lowest BCUT2D eigenvalue weighted by Gasteiger charge is -2.20. The predicted molar refractivity (Wildman–Crippen MR) is 90.4 cm³/mol. The first kappa shape index (κ1) is 14.5. The number of aromatic amines is 1. The van der Waals surface area contributed by atoms with E-state index in [2.05, 4.69) is 16.0 Å². The maximum Gasteiger partial charge on any atom is 0.346 e. The number of H-pyrrole nitrogens is 1. The Morgan fingerprint density at radius 2 is 2.09 bits per heavy atom. The number of rotatable bonds is 2. The van der Waals surface area contributed by atoms with Crippen molar-refractivity contribution in [3.63, 3.8) is 0 Å². The second-order valence-corrected chi connectivity index (χ2v) is 7.03. The lowest BCUT2D eigenvalue weighted by Crippen LogP contribution is -2.33. The fraction of sp³-hybridized carbons (Fsp3) is 0.353. The molecular formula is C17H17N3O2S. The van der Waals surface area contributed by atoms with Gasteiger partial charge >= 0.3 is 5.69 Å². The highest BCUT2D eigenvalue weighted by atomic mass is 32.2. The summed E-state index contributed by atoms with van der Waals surface area (Å²) in [4.78, 5) is 33.2. The molecule has 1 amide bonds. The molecule has 4 rings (SSSR count). The first-order valence-electron chi connectivity index (χ1n) is 7.62. The van der Waals surface area contributed by atoms with Crippen molar-refractivity contribution in [3.8, 4) is 0 Å². The summed E-state index contributed by atoms with van der Waals surface area (Å²) in [6.45, 7) is 2.47. The molecule has 0 unspecified atom stereocenters. The van der Waals surface area contributed by atoms with Crippen LogP contribution in [0.4, 0.5) is 5.69 Å². The number of carbonyl (C=O) groups excluding carboxylic acids is 1. The minimum atomic E-state index is -0.413. The molecule has 0 radical (unpaired) electrons. The number of fused-ring (bicyclic) bond motifs is 2. The molecule has 2 heterocycles. The van der Waals surface area contributed by atoms with Crippen molar-refractivity contribution in [1.82, 2.24) is 9.97 Å². The van der Waals surface area contributed by atoms with Gasteiger partial charge in [0, 0.05) is 23.3 Å². The van der Waals surface area contributed by atoms with Crippen molar-refractivity contribution in [3.05, 3.63) is 51.6 Å². The second-order valence-electron chi connectivity index (χ2n) is 6.24. The van der Waals surface area contributed by atoms with E-state index in [0.717, 1.165) is 25.1 Å². The van der Waals surface area contributed by atoms with Crippen LogP contribution < -0.4 is 10.6 Å². The first-order chi connectivity index (χ1) is 11.1. The van der Waals surface area contributed by atoms with Crippen molar-refractivity contribution in [2.24, 2.45) is 0 Å². The van der Waals surface area contributed by atoms with Gasteiger partial charge in [0.25, 0.3) is 5.91 Å². The largest absolute Gasteiger partial charge is 0.346 e. The molecule has 2 aliphatic rings. The highest BCUT2D eigenvalue weighted by molar-refractivity contribution is 7.98. The smallest absolute Gasteiger partial charge is 0.309 e. The van der Waals surface area contributed by atoms with Gasteiger partial charge < -0.3 is 9.88 Å². The monoisotopic (exact) mass is 327 g/mol. The van der Waals surface area contributed by atoms with Crippen LogP contribution in [0.25, 0.3) is 0 Å². The quantitative estimate of drug-likeness (QED) is 0.680. The number of aromatic nitrogens is 2. The zero-order chi connectivity index (χ0) is 16.2. The summed E-state index contributed by atoms with van der Waals surface area (Å²) in [7, 11) is 0. The number of aryl methyl sites for hydroxylation is 1. The number of amides is 1. The molecule has 1 aromatic heterocycles. The van der Waals surface area contributed by atoms with Gasteiger partial charge in [-0.25, -0.2) is 4.79 Å². The average Bonchev–Trinajstić information content (AvgIpc) is 3.24. The van der Waals surface area contributed by atoms with Crippen molar-refractivity contribution in [1.29, 1.82) is 0 Å². The summed E-state index contributed by atoms with van der Waals surface area (Å²) in [5, 5.41) is 0.491. The van der Waals surface area contributed by atoms with E-state index >= 15 is 0 Å². The van der Waals surface area contributed by atoms with E-state index < -0.39 is 5.69 Å². The third-order valence-electron chi connectivity index (χ3n) is 4.82. The summed E-state index contributed by atoms with van der Waals surface area (Å²) in [6, 6.07) is 8.14. The Morgan fingerprint density at radius 3 is 2.78 bits per heavy atom. The van der Waals surface area contributed by atoms with Crippen LogP contribution in [-0.4, -0.2) is 28.7 Å². The molecule has 23 heavy (non-hydrogen) atoms. The van der Waals surface area contributed by atoms with Crippen LogP contribution in [0, 0.1) is 6.92 Å². The number of anilines is 1. The van der Waals surface area contributed by atoms with E-state index in [1.807, 2.05) is 29.4 Å². The Bertz CT molecular complexity index is 870. The number of hydrogen-bond donors (Lipinski definition) is 1. The molecule has 0 atom stereocenters. The van der Waals surface area contributed by atoms with Gasteiger partial charge in [-0.1, -0.05) is 18.2 Å². The van der Waals surface area contributed by atoms with E-state index in [4.69, 9.17) is 0 Å². The second kappa shape index (κ2) is 4.96. The average molecular weight is 327 g/mol. The normalized spacial score (nSPS) is 17.4. The Hall–Kier alpha value is -2.08. The molecule has 1 N–H and O–H groups in total. The first-order valence-corrected chi connectivity index (χ1v) is 8.84. The molecule has 1 spiro atoms. The van der Waals surface area contributed by atoms with E-state index in [-0.39, 0.29) is 11.3 Å². The van der Waals surface area contributed by atoms with Gasteiger partial charge in [-0.3, -0.25) is 4.79 Å². The Balaban J connectivity index is 1.82. The van der Waals surface area contributed by atoms with Crippen molar-refractivity contribution >= 4 is 23.4 Å². The number of nitrogens with one attached hydrogen (secondary N) is 1. The molecular weight excluding hydrogens is 310 g/mol. The zero-order valence-corrected chi connectivity index (χ0v) is 13.9. The number of para-hydroxylation sites is 1. The standard InChI is InChI=1S/C17H17N3O2S/c1-10-13(14(23-2)19-16(22)18-10)15(21)20-9-17(7-8-17)11-5-3-4-6-12(11)20/h3-6H,7-9H2,1-2H3,(H,18,19,22). The number of carbonyl (C=O) groups is 1. The van der Waals surface area contributed by atoms with Gasteiger partial charge in [0.1, 0.15) is 5.03 Å². The topological polar surface area (TPSA) is 66.1 Å². The molecule has 2 aromatic rings. The molecule has 0 saturated heterocycles. The van der Waals surface area contributed by atoms with Crippen molar-refractivity contribution in [2.45, 2.75) is 30.2 Å². The van der Waals surface area contributed by atoms with E-state index in [1.54, 1.807) is 6.92 Å². The van der Waals surface area contributed by atoms with Gasteiger partial charge in [-0.15, -0.1) is 11.8 Å². The van der Waals surface area contributed by atoms with Gasteiger partial charge in [0.2, 0.25) is 0 Å². The lowest BCUT2D eigenvalue weighted by molar-refractivity contribution is 0.0983. The molecule has 5 nitrogen and oxygen atoms in total. The summed E-state index contributed by atoms with van der Waals surface area (Å²) in [6.07, 6.45) is 4.09. The Labute approximate surface area is 138 Å². The van der Waals surface area contributed by atoms with Crippen LogP contribution in [0.3, 0.4) is 0 Å². The van der Waals surface area contributed by atoms with E-state index in [0.29, 0.717) is 16.3 Å². The number of thioether (sulfide) groups is 1. The Morgan fingerprint density at radius 1 is 1.35 bits per heavy atom. The predicted octanol–water partition coefficient (Wildman–Crippen LogP) is 2.49. The third-order valence-corrected chi connectivity index (χ3v) is 5.50. The molecule has 1 aliphatic carbocycles. The molecule has 0 bridgehead atoms. The molecule has 118 valence electrons. The maximum atomic E-state index is 13.2. The summed E-state index contributed by atoms with van der Waals surface area (Å²) in [5.74, 6) is -0.0770. The maximum absolute atomic E-state index is 13.2. The van der Waals surface area contributed by atoms with Crippen LogP contribution >= 0.6 is 11.8 Å². The van der Waals surface area contributed by atoms with Crippen LogP contribution in [-0.2, 0) is 5.41 Å². The van der Waals surface area contributed by atoms with E-state index in [1.165, 1.54) is 17.3 Å². The summed E-state index contributed by atoms with van der Waals surface area (Å²) in [5.41, 5.74) is 3.08. The molecule has 1 saturated carbocycles. The molecule has 6 heteroatoms. The van der Waals surface area contributed by atoms with Crippen molar-refractivity contribution in [2.75, 3.05) is 17.7 Å². The number of nitrogens with zero attached hydrogens (tertiary/aromatic N) is 2. The lowest BCUT2D eigenvalue weighted by atomic mass is 9.99. The van der Waals surface area contributed by atoms with Gasteiger partial charge in [0.15, 0.2) is 0 Å². The minimum Gasteiger partial charge on any atom is -0.309 e. The fourth-order valence-electron chi connectivity index (χ4n) is 3.48. The van der Waals surface area contributed by atoms with Crippen molar-refractivity contribution < 1.29 is 4.79 Å². The van der Waals surface area contributed by atoms with Gasteiger partial charge in [-0.2, -0.15) is 4.98 Å². The van der Waals surface area contributed by atoms with Crippen LogP contribution in [0.15, 0.2) is 34.1 Å². The minimum absolute atomic E-state index is 0.0770. The van der Waals surface area contributed by atoms with Crippen LogP contribution in [0.1, 0.15) is 34.5 Å². The third kappa shape index (κ3) is 2.12. The molecule has 1 fully saturated rings. The SMILES string of the molecule is CSc1nc(=O)[nH]c(C)c1C(=O)N1CC2(CC2)c2ccccc21.